The van der Waals surface area contributed by atoms with Crippen molar-refractivity contribution in [2.75, 3.05) is 14.2 Å². The Kier molecular flexibility index (Phi) is 21.5. The van der Waals surface area contributed by atoms with Crippen LogP contribution in [0.4, 0.5) is 0 Å². The lowest BCUT2D eigenvalue weighted by Crippen LogP contribution is -2.33. The van der Waals surface area contributed by atoms with E-state index in [0.717, 1.165) is 11.5 Å². The minimum atomic E-state index is -0.594. The molecule has 0 N–H and O–H groups in total. The molecule has 0 radical (unpaired) electrons. The summed E-state index contributed by atoms with van der Waals surface area (Å²) < 4.78 is 13.2. The summed E-state index contributed by atoms with van der Waals surface area (Å²) in [5, 5.41) is 1.64. The van der Waals surface area contributed by atoms with E-state index in [4.69, 9.17) is 9.47 Å². The van der Waals surface area contributed by atoms with Crippen molar-refractivity contribution in [3.05, 3.63) is 145 Å². The first-order valence-electron chi connectivity index (χ1n) is 27.0. The average Bonchev–Trinajstić information content (AvgIpc) is 3.31. The van der Waals surface area contributed by atoms with Crippen molar-refractivity contribution in [3.63, 3.8) is 0 Å². The molecule has 0 amide bonds. The first-order valence-corrected chi connectivity index (χ1v) is 29.5. The van der Waals surface area contributed by atoms with Gasteiger partial charge < -0.3 is 9.47 Å². The van der Waals surface area contributed by atoms with Crippen molar-refractivity contribution in [1.82, 2.24) is 0 Å². The monoisotopic (exact) mass is 1100 g/mol. The van der Waals surface area contributed by atoms with Gasteiger partial charge >= 0.3 is 0 Å². The number of hydrogen-bond acceptors (Lipinski definition) is 2. The van der Waals surface area contributed by atoms with Crippen LogP contribution in [0.25, 0.3) is 44.5 Å². The molecule has 0 saturated carbocycles. The Labute approximate surface area is 455 Å². The summed E-state index contributed by atoms with van der Waals surface area (Å²) in [6, 6.07) is 36.2. The third-order valence-corrected chi connectivity index (χ3v) is 18.3. The molecular formula is C68H94IO2P. The second-order valence-electron chi connectivity index (χ2n) is 23.5. The molecule has 0 aliphatic rings. The van der Waals surface area contributed by atoms with Gasteiger partial charge in [0.1, 0.15) is 11.5 Å². The number of ether oxygens (including phenoxy) is 2. The molecule has 0 aliphatic heterocycles. The van der Waals surface area contributed by atoms with E-state index in [9.17, 15) is 0 Å². The van der Waals surface area contributed by atoms with E-state index in [1.54, 1.807) is 7.11 Å². The second-order valence-corrected chi connectivity index (χ2v) is 28.3. The molecule has 4 heteroatoms. The Morgan fingerprint density at radius 3 is 1.06 bits per heavy atom. The summed E-state index contributed by atoms with van der Waals surface area (Å²) in [4.78, 5) is 0. The molecule has 0 spiro atoms. The molecule has 72 heavy (non-hydrogen) atoms. The van der Waals surface area contributed by atoms with Crippen molar-refractivity contribution in [3.8, 4) is 56.0 Å². The Bertz CT molecular complexity index is 2710. The van der Waals surface area contributed by atoms with Crippen LogP contribution in [0.5, 0.6) is 11.5 Å². The van der Waals surface area contributed by atoms with Gasteiger partial charge in [-0.1, -0.05) is 231 Å². The van der Waals surface area contributed by atoms with Gasteiger partial charge in [-0.15, -0.1) is 0 Å². The molecule has 6 rings (SSSR count). The summed E-state index contributed by atoms with van der Waals surface area (Å²) in [7, 11) is 3.03. The fraction of sp³-hybridized carbons (Fsp3) is 0.471. The number of halogens is 1. The highest BCUT2D eigenvalue weighted by molar-refractivity contribution is 14.1. The van der Waals surface area contributed by atoms with E-state index >= 15 is 0 Å². The third-order valence-electron chi connectivity index (χ3n) is 13.6. The fourth-order valence-electron chi connectivity index (χ4n) is 11.0. The lowest BCUT2D eigenvalue weighted by atomic mass is 9.76. The van der Waals surface area contributed by atoms with Gasteiger partial charge in [0.05, 0.1) is 17.8 Å². The van der Waals surface area contributed by atoms with E-state index in [0.29, 0.717) is 35.5 Å². The van der Waals surface area contributed by atoms with Crippen LogP contribution in [0, 0.1) is 17.4 Å². The lowest BCUT2D eigenvalue weighted by Gasteiger charge is -2.43. The zero-order chi connectivity index (χ0) is 54.3. The van der Waals surface area contributed by atoms with E-state index in [1.807, 2.05) is 21.0 Å². The first-order chi connectivity index (χ1) is 33.7. The average molecular weight is 1100 g/mol. The fourth-order valence-corrected chi connectivity index (χ4v) is 15.9. The summed E-state index contributed by atoms with van der Waals surface area (Å²) in [5.74, 6) is 4.45. The van der Waals surface area contributed by atoms with Crippen LogP contribution in [0.15, 0.2) is 97.1 Å². The van der Waals surface area contributed by atoms with Crippen LogP contribution in [-0.2, 0) is 0 Å². The number of benzene rings is 6. The van der Waals surface area contributed by atoms with Gasteiger partial charge in [-0.3, -0.25) is 0 Å². The van der Waals surface area contributed by atoms with Crippen LogP contribution in [0.3, 0.4) is 0 Å². The van der Waals surface area contributed by atoms with Crippen LogP contribution in [0.2, 0.25) is 0 Å². The summed E-state index contributed by atoms with van der Waals surface area (Å²) >= 11 is 2.46. The SMILES string of the molecule is CC.COc1cc(C)cc(-c2c(C(C)C)cc(C(C)C)c(-c3ccccc3)c2C(C)C)c1I.COc1cc(C)cc(-c2c(C(C)C)cc(C(C)C)c(-c3ccccc3)c2C(C)C)c1P(C(C)(C)C)C(C)(C)C. The molecule has 0 atom stereocenters. The van der Waals surface area contributed by atoms with Gasteiger partial charge in [0, 0.05) is 5.30 Å². The maximum Gasteiger partial charge on any atom is 0.133 e. The molecule has 2 nitrogen and oxygen atoms in total. The van der Waals surface area contributed by atoms with Crippen LogP contribution < -0.4 is 14.8 Å². The summed E-state index contributed by atoms with van der Waals surface area (Å²) in [5.41, 5.74) is 22.1. The minimum Gasteiger partial charge on any atom is -0.496 e. The van der Waals surface area contributed by atoms with Gasteiger partial charge in [-0.05, 0) is 183 Å². The maximum absolute atomic E-state index is 6.25. The molecular weight excluding hydrogens is 1010 g/mol. The largest absolute Gasteiger partial charge is 0.496 e. The number of methoxy groups -OCH3 is 2. The van der Waals surface area contributed by atoms with E-state index in [-0.39, 0.29) is 10.3 Å². The molecule has 0 heterocycles. The van der Waals surface area contributed by atoms with Crippen LogP contribution in [-0.4, -0.2) is 24.5 Å². The van der Waals surface area contributed by atoms with Crippen molar-refractivity contribution in [2.24, 2.45) is 0 Å². The molecule has 0 fully saturated rings. The topological polar surface area (TPSA) is 18.5 Å². The van der Waals surface area contributed by atoms with Gasteiger partial charge in [0.2, 0.25) is 0 Å². The van der Waals surface area contributed by atoms with Gasteiger partial charge in [0.15, 0.2) is 0 Å². The Morgan fingerprint density at radius 2 is 0.736 bits per heavy atom. The van der Waals surface area contributed by atoms with E-state index < -0.39 is 7.92 Å². The normalized spacial score (nSPS) is 12.0. The molecule has 390 valence electrons. The van der Waals surface area contributed by atoms with Gasteiger partial charge in [-0.2, -0.15) is 0 Å². The Balaban J connectivity index is 0.000000309. The van der Waals surface area contributed by atoms with Crippen LogP contribution in [0.1, 0.15) is 218 Å². The molecule has 0 bridgehead atoms. The Morgan fingerprint density at radius 1 is 0.417 bits per heavy atom. The quantitative estimate of drug-likeness (QED) is 0.0848. The third kappa shape index (κ3) is 13.5. The highest BCUT2D eigenvalue weighted by Crippen LogP contribution is 2.62. The predicted molar refractivity (Wildman–Crippen MR) is 332 cm³/mol. The predicted octanol–water partition coefficient (Wildman–Crippen LogP) is 21.8. The first kappa shape index (κ1) is 60.6. The number of rotatable bonds is 13. The molecule has 0 saturated heterocycles. The standard InChI is InChI=1S/C37H53OP.C29H35IO.C2H6/c1-23(2)28-22-29(24(3)4)34(32(25(5)6)33(28)27-18-16-15-17-19-27)30-20-26(7)21-31(38-14)35(30)39(36(8,9)10)37(11,12)13;1-17(2)22-16-23(18(3)4)28(24-14-20(7)15-25(31-8)29(24)30)26(19(5)6)27(22)21-12-10-9-11-13-21;1-2/h15-25H,1-14H3;9-19H,1-8H3;1-2H3. The summed E-state index contributed by atoms with van der Waals surface area (Å²) in [6.07, 6.45) is 0. The smallest absolute Gasteiger partial charge is 0.133 e. The maximum atomic E-state index is 6.25. The second kappa shape index (κ2) is 25.5. The highest BCUT2D eigenvalue weighted by atomic mass is 127. The number of aryl methyl sites for hydroxylation is 2. The highest BCUT2D eigenvalue weighted by Gasteiger charge is 2.40. The molecule has 6 aromatic carbocycles. The van der Waals surface area contributed by atoms with Crippen molar-refractivity contribution in [1.29, 1.82) is 0 Å². The molecule has 0 aliphatic carbocycles. The van der Waals surface area contributed by atoms with Crippen molar-refractivity contribution >= 4 is 35.8 Å². The van der Waals surface area contributed by atoms with E-state index in [1.165, 1.54) is 97.9 Å². The van der Waals surface area contributed by atoms with Crippen molar-refractivity contribution < 1.29 is 9.47 Å². The van der Waals surface area contributed by atoms with Gasteiger partial charge in [0.25, 0.3) is 0 Å². The van der Waals surface area contributed by atoms with E-state index in [2.05, 4.69) is 258 Å². The molecule has 6 aromatic rings. The zero-order valence-electron chi connectivity index (χ0n) is 49.3. The Hall–Kier alpha value is -3.92. The zero-order valence-corrected chi connectivity index (χ0v) is 52.4. The van der Waals surface area contributed by atoms with Crippen molar-refractivity contribution in [2.45, 2.75) is 198 Å². The van der Waals surface area contributed by atoms with Gasteiger partial charge in [-0.25, -0.2) is 0 Å². The number of hydrogen-bond donors (Lipinski definition) is 0. The van der Waals surface area contributed by atoms with Crippen LogP contribution >= 0.6 is 30.5 Å². The molecule has 0 unspecified atom stereocenters. The minimum absolute atomic E-state index is 0.112. The molecule has 0 aromatic heterocycles. The lowest BCUT2D eigenvalue weighted by molar-refractivity contribution is 0.411. The summed E-state index contributed by atoms with van der Waals surface area (Å²) in [6.45, 7) is 50.9.